The molecule has 0 saturated carbocycles. The molecule has 2 unspecified atom stereocenters. The number of fused-ring (bicyclic) bond motifs is 1. The van der Waals surface area contributed by atoms with Crippen molar-refractivity contribution in [2.24, 2.45) is 0 Å². The Labute approximate surface area is 238 Å². The zero-order valence-electron chi connectivity index (χ0n) is 24.0. The Morgan fingerprint density at radius 1 is 1.30 bits per heavy atom. The number of aromatic nitrogens is 2. The molecular weight excluding hydrogens is 505 g/mol. The number of likely N-dealkylation sites (tertiary alicyclic amines) is 1. The molecule has 3 N–H and O–H groups in total. The number of anilines is 4. The van der Waals surface area contributed by atoms with E-state index in [0.29, 0.717) is 24.7 Å². The molecule has 1 aromatic carbocycles. The summed E-state index contributed by atoms with van der Waals surface area (Å²) in [7, 11) is 0. The van der Waals surface area contributed by atoms with Gasteiger partial charge in [-0.2, -0.15) is 4.98 Å². The van der Waals surface area contributed by atoms with Crippen LogP contribution in [-0.4, -0.2) is 53.4 Å². The number of nitrogens with zero attached hydrogens (tertiary/aromatic N) is 4. The third-order valence-corrected chi connectivity index (χ3v) is 7.32. The summed E-state index contributed by atoms with van der Waals surface area (Å²) < 4.78 is 20.3. The maximum absolute atomic E-state index is 14.3. The van der Waals surface area contributed by atoms with Gasteiger partial charge in [0.05, 0.1) is 17.6 Å². The lowest BCUT2D eigenvalue weighted by Gasteiger charge is -2.33. The van der Waals surface area contributed by atoms with E-state index < -0.39 is 12.1 Å². The molecule has 1 fully saturated rings. The zero-order valence-corrected chi connectivity index (χ0v) is 24.0. The molecular formula is C31H44FN7O. The van der Waals surface area contributed by atoms with Crippen LogP contribution in [0.25, 0.3) is 0 Å². The number of nitrogens with one attached hydrogen (secondary N) is 3. The number of benzene rings is 1. The van der Waals surface area contributed by atoms with Crippen molar-refractivity contribution in [3.8, 4) is 5.75 Å². The third kappa shape index (κ3) is 7.97. The highest BCUT2D eigenvalue weighted by atomic mass is 19.1. The molecule has 0 aliphatic carbocycles. The number of allylic oxidation sites excluding steroid dienone is 3. The van der Waals surface area contributed by atoms with Gasteiger partial charge < -0.3 is 25.6 Å². The van der Waals surface area contributed by atoms with Gasteiger partial charge in [0.1, 0.15) is 18.2 Å². The van der Waals surface area contributed by atoms with Crippen LogP contribution in [0.2, 0.25) is 0 Å². The third-order valence-electron chi connectivity index (χ3n) is 7.32. The van der Waals surface area contributed by atoms with Crippen molar-refractivity contribution in [1.82, 2.24) is 20.2 Å². The molecule has 2 aliphatic heterocycles. The molecule has 2 aromatic rings. The largest absolute Gasteiger partial charge is 0.492 e. The van der Waals surface area contributed by atoms with Crippen LogP contribution in [0.3, 0.4) is 0 Å². The summed E-state index contributed by atoms with van der Waals surface area (Å²) in [6.07, 6.45) is 12.4. The lowest BCUT2D eigenvalue weighted by atomic mass is 10.1. The lowest BCUT2D eigenvalue weighted by Crippen LogP contribution is -2.51. The van der Waals surface area contributed by atoms with Crippen molar-refractivity contribution < 1.29 is 9.13 Å². The average Bonchev–Trinajstić information content (AvgIpc) is 3.32. The molecule has 2 aliphatic rings. The molecule has 9 heteroatoms. The van der Waals surface area contributed by atoms with E-state index in [2.05, 4.69) is 57.7 Å². The Balaban J connectivity index is 1.47. The summed E-state index contributed by atoms with van der Waals surface area (Å²) in [6, 6.07) is 8.04. The van der Waals surface area contributed by atoms with Gasteiger partial charge in [0.25, 0.3) is 0 Å². The Bertz CT molecular complexity index is 1160. The van der Waals surface area contributed by atoms with Gasteiger partial charge in [-0.3, -0.25) is 4.90 Å². The van der Waals surface area contributed by atoms with Crippen LogP contribution in [0.4, 0.5) is 27.5 Å². The van der Waals surface area contributed by atoms with E-state index >= 15 is 0 Å². The summed E-state index contributed by atoms with van der Waals surface area (Å²) in [6.45, 7) is 15.5. The highest BCUT2D eigenvalue weighted by Gasteiger charge is 2.34. The SMILES string of the molecule is C=CCC=C(NC1Nc2cnc(Nc3cccc(OCCN4CCCCC4)c3)nc2N1C(C)CCCC)C(=C)F. The Morgan fingerprint density at radius 3 is 2.88 bits per heavy atom. The van der Waals surface area contributed by atoms with Crippen LogP contribution < -0.4 is 25.6 Å². The van der Waals surface area contributed by atoms with Crippen molar-refractivity contribution in [3.05, 3.63) is 67.3 Å². The van der Waals surface area contributed by atoms with Gasteiger partial charge in [-0.1, -0.05) is 51.0 Å². The van der Waals surface area contributed by atoms with Crippen LogP contribution >= 0.6 is 0 Å². The van der Waals surface area contributed by atoms with Gasteiger partial charge in [-0.25, -0.2) is 9.37 Å². The quantitative estimate of drug-likeness (QED) is 0.167. The molecule has 0 amide bonds. The summed E-state index contributed by atoms with van der Waals surface area (Å²) in [4.78, 5) is 14.0. The first kappa shape index (κ1) is 29.4. The van der Waals surface area contributed by atoms with Gasteiger partial charge in [-0.05, 0) is 57.8 Å². The maximum atomic E-state index is 14.3. The molecule has 1 aromatic heterocycles. The van der Waals surface area contributed by atoms with Crippen LogP contribution in [0.1, 0.15) is 58.8 Å². The van der Waals surface area contributed by atoms with Crippen LogP contribution in [0, 0.1) is 0 Å². The zero-order chi connectivity index (χ0) is 28.3. The first-order chi connectivity index (χ1) is 19.5. The van der Waals surface area contributed by atoms with E-state index in [1.54, 1.807) is 18.3 Å². The fourth-order valence-electron chi connectivity index (χ4n) is 5.14. The van der Waals surface area contributed by atoms with Gasteiger partial charge in [0.15, 0.2) is 12.1 Å². The number of unbranched alkanes of at least 4 members (excludes halogenated alkanes) is 1. The topological polar surface area (TPSA) is 77.6 Å². The molecule has 0 spiro atoms. The summed E-state index contributed by atoms with van der Waals surface area (Å²) in [5, 5.41) is 10.0. The van der Waals surface area contributed by atoms with Crippen molar-refractivity contribution in [2.45, 2.75) is 71.1 Å². The smallest absolute Gasteiger partial charge is 0.229 e. The van der Waals surface area contributed by atoms with E-state index in [9.17, 15) is 4.39 Å². The van der Waals surface area contributed by atoms with Gasteiger partial charge in [0, 0.05) is 24.3 Å². The maximum Gasteiger partial charge on any atom is 0.229 e. The summed E-state index contributed by atoms with van der Waals surface area (Å²) in [5.74, 6) is 1.54. The van der Waals surface area contributed by atoms with Gasteiger partial charge in [0.2, 0.25) is 5.95 Å². The van der Waals surface area contributed by atoms with E-state index in [-0.39, 0.29) is 6.04 Å². The van der Waals surface area contributed by atoms with E-state index in [0.717, 1.165) is 61.8 Å². The van der Waals surface area contributed by atoms with Crippen molar-refractivity contribution in [1.29, 1.82) is 0 Å². The summed E-state index contributed by atoms with van der Waals surface area (Å²) in [5.41, 5.74) is 1.97. The highest BCUT2D eigenvalue weighted by molar-refractivity contribution is 5.73. The van der Waals surface area contributed by atoms with Crippen LogP contribution in [0.15, 0.2) is 67.3 Å². The minimum Gasteiger partial charge on any atom is -0.492 e. The van der Waals surface area contributed by atoms with Crippen LogP contribution in [-0.2, 0) is 0 Å². The normalized spacial score (nSPS) is 18.0. The van der Waals surface area contributed by atoms with Crippen LogP contribution in [0.5, 0.6) is 5.75 Å². The number of rotatable bonds is 15. The molecule has 0 bridgehead atoms. The fraction of sp³-hybridized carbons (Fsp3) is 0.484. The van der Waals surface area contributed by atoms with Crippen molar-refractivity contribution >= 4 is 23.1 Å². The Kier molecular flexibility index (Phi) is 10.8. The minimum atomic E-state index is -0.521. The van der Waals surface area contributed by atoms with E-state index in [1.165, 1.54) is 19.3 Å². The predicted molar refractivity (Wildman–Crippen MR) is 163 cm³/mol. The molecule has 4 rings (SSSR count). The minimum absolute atomic E-state index is 0.152. The molecule has 216 valence electrons. The number of hydrogen-bond donors (Lipinski definition) is 3. The van der Waals surface area contributed by atoms with Gasteiger partial charge >= 0.3 is 0 Å². The molecule has 0 radical (unpaired) electrons. The van der Waals surface area contributed by atoms with Gasteiger partial charge in [-0.15, -0.1) is 6.58 Å². The monoisotopic (exact) mass is 549 g/mol. The van der Waals surface area contributed by atoms with Crippen molar-refractivity contribution in [2.75, 3.05) is 41.8 Å². The fourth-order valence-corrected chi connectivity index (χ4v) is 5.14. The number of hydrogen-bond acceptors (Lipinski definition) is 8. The lowest BCUT2D eigenvalue weighted by molar-refractivity contribution is 0.183. The van der Waals surface area contributed by atoms with E-state index in [4.69, 9.17) is 9.72 Å². The Hall–Kier alpha value is -3.59. The second-order valence-corrected chi connectivity index (χ2v) is 10.5. The molecule has 8 nitrogen and oxygen atoms in total. The second-order valence-electron chi connectivity index (χ2n) is 10.5. The second kappa shape index (κ2) is 14.7. The first-order valence-corrected chi connectivity index (χ1v) is 14.5. The average molecular weight is 550 g/mol. The first-order valence-electron chi connectivity index (χ1n) is 14.5. The molecule has 40 heavy (non-hydrogen) atoms. The molecule has 3 heterocycles. The number of ether oxygens (including phenoxy) is 1. The standard InChI is InChI=1S/C31H44FN7O/c1-5-7-13-23(3)39-29-28(36-31(39)35-27(24(4)32)16-8-6-2)22-33-30(37-29)34-25-14-12-15-26(21-25)40-20-19-38-17-10-9-11-18-38/h6,12,14-16,21-23,31,35-36H,2,4-5,7-11,13,17-20H2,1,3H3,(H,33,34,37). The highest BCUT2D eigenvalue weighted by Crippen LogP contribution is 2.36. The molecule has 1 saturated heterocycles. The summed E-state index contributed by atoms with van der Waals surface area (Å²) >= 11 is 0. The van der Waals surface area contributed by atoms with E-state index in [1.807, 2.05) is 24.3 Å². The predicted octanol–water partition coefficient (Wildman–Crippen LogP) is 6.71. The Morgan fingerprint density at radius 2 is 2.12 bits per heavy atom. The van der Waals surface area contributed by atoms with Crippen molar-refractivity contribution in [3.63, 3.8) is 0 Å². The number of halogens is 1. The number of piperidine rings is 1. The molecule has 2 atom stereocenters.